The van der Waals surface area contributed by atoms with E-state index in [0.29, 0.717) is 12.5 Å². The van der Waals surface area contributed by atoms with Gasteiger partial charge in [-0.1, -0.05) is 26.0 Å². The van der Waals surface area contributed by atoms with Crippen LogP contribution in [0.1, 0.15) is 29.8 Å². The summed E-state index contributed by atoms with van der Waals surface area (Å²) in [6, 6.07) is 7.57. The molecule has 0 aliphatic carbocycles. The molecule has 0 aliphatic heterocycles. The summed E-state index contributed by atoms with van der Waals surface area (Å²) in [6.45, 7) is 5.56. The zero-order chi connectivity index (χ0) is 12.8. The maximum atomic E-state index is 12.0. The molecule has 1 aromatic rings. The smallest absolute Gasteiger partial charge is 0.253 e. The zero-order valence-electron chi connectivity index (χ0n) is 11.1. The van der Waals surface area contributed by atoms with Gasteiger partial charge in [-0.25, -0.2) is 0 Å². The molecule has 1 aromatic carbocycles. The number of carbonyl (C=O) groups excluding carboxylic acids is 1. The Morgan fingerprint density at radius 1 is 1.29 bits per heavy atom. The maximum Gasteiger partial charge on any atom is 0.253 e. The van der Waals surface area contributed by atoms with Crippen molar-refractivity contribution in [2.45, 2.75) is 20.5 Å². The van der Waals surface area contributed by atoms with Crippen LogP contribution < -0.4 is 0 Å². The van der Waals surface area contributed by atoms with Gasteiger partial charge in [0.25, 0.3) is 5.91 Å². The molecule has 0 N–H and O–H groups in total. The molecule has 0 aliphatic rings. The first-order valence-electron chi connectivity index (χ1n) is 5.88. The summed E-state index contributed by atoms with van der Waals surface area (Å²) in [5, 5.41) is 0. The molecule has 0 heterocycles. The normalized spacial score (nSPS) is 10.6. The second-order valence-corrected chi connectivity index (χ2v) is 4.71. The van der Waals surface area contributed by atoms with Crippen molar-refractivity contribution >= 4 is 5.91 Å². The third kappa shape index (κ3) is 4.19. The highest BCUT2D eigenvalue weighted by atomic mass is 16.5. The van der Waals surface area contributed by atoms with Crippen molar-refractivity contribution in [2.24, 2.45) is 5.92 Å². The van der Waals surface area contributed by atoms with E-state index in [0.717, 1.165) is 17.7 Å². The summed E-state index contributed by atoms with van der Waals surface area (Å²) in [4.78, 5) is 13.8. The minimum atomic E-state index is 0.0719. The minimum Gasteiger partial charge on any atom is -0.380 e. The average Bonchev–Trinajstić information content (AvgIpc) is 2.28. The molecule has 3 heteroatoms. The Hall–Kier alpha value is -1.35. The first kappa shape index (κ1) is 13.7. The van der Waals surface area contributed by atoms with Gasteiger partial charge in [0.15, 0.2) is 0 Å². The van der Waals surface area contributed by atoms with E-state index >= 15 is 0 Å². The number of amides is 1. The van der Waals surface area contributed by atoms with Gasteiger partial charge in [0.1, 0.15) is 0 Å². The van der Waals surface area contributed by atoms with Crippen molar-refractivity contribution in [2.75, 3.05) is 20.7 Å². The van der Waals surface area contributed by atoms with Gasteiger partial charge in [-0.15, -0.1) is 0 Å². The molecule has 1 amide bonds. The Balaban J connectivity index is 2.69. The molecule has 1 rings (SSSR count). The summed E-state index contributed by atoms with van der Waals surface area (Å²) in [6.07, 6.45) is 0. The topological polar surface area (TPSA) is 29.5 Å². The van der Waals surface area contributed by atoms with Crippen molar-refractivity contribution < 1.29 is 9.53 Å². The Morgan fingerprint density at radius 2 is 1.88 bits per heavy atom. The van der Waals surface area contributed by atoms with Crippen molar-refractivity contribution in [3.63, 3.8) is 0 Å². The lowest BCUT2D eigenvalue weighted by atomic mass is 10.1. The highest BCUT2D eigenvalue weighted by Crippen LogP contribution is 2.09. The molecule has 3 nitrogen and oxygen atoms in total. The average molecular weight is 235 g/mol. The van der Waals surface area contributed by atoms with Gasteiger partial charge in [-0.2, -0.15) is 0 Å². The Morgan fingerprint density at radius 3 is 2.35 bits per heavy atom. The fourth-order valence-electron chi connectivity index (χ4n) is 1.76. The Labute approximate surface area is 103 Å². The number of nitrogens with zero attached hydrogens (tertiary/aromatic N) is 1. The molecular formula is C14H21NO2. The van der Waals surface area contributed by atoms with Gasteiger partial charge in [-0.05, 0) is 23.6 Å². The van der Waals surface area contributed by atoms with E-state index in [1.807, 2.05) is 31.3 Å². The SMILES string of the molecule is COCc1ccc(C(=O)N(C)CC(C)C)cc1. The van der Waals surface area contributed by atoms with E-state index in [9.17, 15) is 4.79 Å². The molecule has 17 heavy (non-hydrogen) atoms. The molecule has 0 spiro atoms. The number of hydrogen-bond acceptors (Lipinski definition) is 2. The van der Waals surface area contributed by atoms with Crippen LogP contribution in [0, 0.1) is 5.92 Å². The van der Waals surface area contributed by atoms with E-state index in [-0.39, 0.29) is 5.91 Å². The lowest BCUT2D eigenvalue weighted by Crippen LogP contribution is -2.30. The van der Waals surface area contributed by atoms with Crippen molar-refractivity contribution in [3.05, 3.63) is 35.4 Å². The molecule has 0 saturated carbocycles. The number of hydrogen-bond donors (Lipinski definition) is 0. The number of methoxy groups -OCH3 is 1. The second-order valence-electron chi connectivity index (χ2n) is 4.71. The molecule has 0 aromatic heterocycles. The van der Waals surface area contributed by atoms with Gasteiger partial charge in [0.2, 0.25) is 0 Å². The second kappa shape index (κ2) is 6.40. The summed E-state index contributed by atoms with van der Waals surface area (Å²) in [7, 11) is 3.50. The van der Waals surface area contributed by atoms with E-state index in [4.69, 9.17) is 4.74 Å². The van der Waals surface area contributed by atoms with Gasteiger partial charge < -0.3 is 9.64 Å². The van der Waals surface area contributed by atoms with Gasteiger partial charge >= 0.3 is 0 Å². The molecule has 0 radical (unpaired) electrons. The Kier molecular flexibility index (Phi) is 5.16. The number of ether oxygens (including phenoxy) is 1. The zero-order valence-corrected chi connectivity index (χ0v) is 11.1. The van der Waals surface area contributed by atoms with Crippen molar-refractivity contribution in [1.29, 1.82) is 0 Å². The van der Waals surface area contributed by atoms with Crippen LogP contribution in [0.3, 0.4) is 0 Å². The summed E-state index contributed by atoms with van der Waals surface area (Å²) in [5.74, 6) is 0.555. The molecule has 0 unspecified atom stereocenters. The number of rotatable bonds is 5. The predicted octanol–water partition coefficient (Wildman–Crippen LogP) is 2.56. The first-order chi connectivity index (χ1) is 8.04. The van der Waals surface area contributed by atoms with Crippen molar-refractivity contribution in [3.8, 4) is 0 Å². The van der Waals surface area contributed by atoms with Gasteiger partial charge in [0, 0.05) is 26.3 Å². The molecular weight excluding hydrogens is 214 g/mol. The number of benzene rings is 1. The lowest BCUT2D eigenvalue weighted by molar-refractivity contribution is 0.0779. The third-order valence-corrected chi connectivity index (χ3v) is 2.50. The van der Waals surface area contributed by atoms with Crippen LogP contribution in [0.5, 0.6) is 0 Å². The van der Waals surface area contributed by atoms with Crippen LogP contribution in [0.4, 0.5) is 0 Å². The quantitative estimate of drug-likeness (QED) is 0.785. The van der Waals surface area contributed by atoms with Gasteiger partial charge in [0.05, 0.1) is 6.61 Å². The van der Waals surface area contributed by atoms with Gasteiger partial charge in [-0.3, -0.25) is 4.79 Å². The van der Waals surface area contributed by atoms with E-state index in [1.165, 1.54) is 0 Å². The predicted molar refractivity (Wildman–Crippen MR) is 69.0 cm³/mol. The van der Waals surface area contributed by atoms with Crippen LogP contribution in [0.2, 0.25) is 0 Å². The monoisotopic (exact) mass is 235 g/mol. The summed E-state index contributed by atoms with van der Waals surface area (Å²) in [5.41, 5.74) is 1.81. The van der Waals surface area contributed by atoms with E-state index in [1.54, 1.807) is 12.0 Å². The van der Waals surface area contributed by atoms with Crippen LogP contribution in [-0.2, 0) is 11.3 Å². The highest BCUT2D eigenvalue weighted by molar-refractivity contribution is 5.94. The van der Waals surface area contributed by atoms with E-state index < -0.39 is 0 Å². The largest absolute Gasteiger partial charge is 0.380 e. The molecule has 0 saturated heterocycles. The Bertz CT molecular complexity index is 357. The molecule has 94 valence electrons. The van der Waals surface area contributed by atoms with Crippen LogP contribution >= 0.6 is 0 Å². The van der Waals surface area contributed by atoms with Crippen LogP contribution in [0.25, 0.3) is 0 Å². The number of carbonyl (C=O) groups is 1. The maximum absolute atomic E-state index is 12.0. The first-order valence-corrected chi connectivity index (χ1v) is 5.88. The fraction of sp³-hybridized carbons (Fsp3) is 0.500. The minimum absolute atomic E-state index is 0.0719. The van der Waals surface area contributed by atoms with E-state index in [2.05, 4.69) is 13.8 Å². The summed E-state index contributed by atoms with van der Waals surface area (Å²) >= 11 is 0. The fourth-order valence-corrected chi connectivity index (χ4v) is 1.76. The summed E-state index contributed by atoms with van der Waals surface area (Å²) < 4.78 is 5.03. The highest BCUT2D eigenvalue weighted by Gasteiger charge is 2.12. The lowest BCUT2D eigenvalue weighted by Gasteiger charge is -2.19. The van der Waals surface area contributed by atoms with Crippen LogP contribution in [-0.4, -0.2) is 31.5 Å². The third-order valence-electron chi connectivity index (χ3n) is 2.50. The van der Waals surface area contributed by atoms with Crippen LogP contribution in [0.15, 0.2) is 24.3 Å². The molecule has 0 atom stereocenters. The molecule has 0 bridgehead atoms. The molecule has 0 fully saturated rings. The van der Waals surface area contributed by atoms with Crippen molar-refractivity contribution in [1.82, 2.24) is 4.90 Å². The standard InChI is InChI=1S/C14H21NO2/c1-11(2)9-15(3)14(16)13-7-5-12(6-8-13)10-17-4/h5-8,11H,9-10H2,1-4H3.